The molecule has 0 aliphatic heterocycles. The van der Waals surface area contributed by atoms with Crippen LogP contribution >= 0.6 is 0 Å². The molecule has 7 heteroatoms. The summed E-state index contributed by atoms with van der Waals surface area (Å²) in [6.07, 6.45) is 0. The van der Waals surface area contributed by atoms with Crippen molar-refractivity contribution in [3.63, 3.8) is 0 Å². The second-order valence-corrected chi connectivity index (χ2v) is 8.66. The summed E-state index contributed by atoms with van der Waals surface area (Å²) in [6.45, 7) is 1.43. The Balaban J connectivity index is 1.20. The number of nitrogens with zero attached hydrogens (tertiary/aromatic N) is 1. The second-order valence-electron chi connectivity index (χ2n) is 8.66. The largest absolute Gasteiger partial charge is 0.490 e. The van der Waals surface area contributed by atoms with Gasteiger partial charge < -0.3 is 25.0 Å². The number of hydrogen-bond donors (Lipinski definition) is 2. The van der Waals surface area contributed by atoms with Crippen molar-refractivity contribution >= 4 is 23.2 Å². The maximum absolute atomic E-state index is 12.9. The topological polar surface area (TPSA) is 79.9 Å². The van der Waals surface area contributed by atoms with E-state index in [1.807, 2.05) is 66.7 Å². The summed E-state index contributed by atoms with van der Waals surface area (Å²) in [4.78, 5) is 27.0. The molecule has 4 rings (SSSR count). The number of carbonyl (C=O) groups is 2. The van der Waals surface area contributed by atoms with E-state index >= 15 is 0 Å². The molecule has 0 bridgehead atoms. The number of hydrogen-bond acceptors (Lipinski definition) is 5. The lowest BCUT2D eigenvalue weighted by Crippen LogP contribution is -2.26. The molecule has 0 spiro atoms. The smallest absolute Gasteiger partial charge is 0.253 e. The number of para-hydroxylation sites is 1. The zero-order chi connectivity index (χ0) is 26.6. The van der Waals surface area contributed by atoms with Gasteiger partial charge in [0.25, 0.3) is 5.91 Å². The molecule has 0 aliphatic carbocycles. The number of ether oxygens (including phenoxy) is 2. The highest BCUT2D eigenvalue weighted by Crippen LogP contribution is 2.17. The van der Waals surface area contributed by atoms with Gasteiger partial charge in [-0.05, 0) is 60.2 Å². The SMILES string of the molecule is CN(Cc1ccccc1)C(=O)c1cccc(NCC(=O)Nc2ccc(OCCOc3ccccc3)cc2)c1. The molecule has 38 heavy (non-hydrogen) atoms. The van der Waals surface area contributed by atoms with E-state index in [-0.39, 0.29) is 18.4 Å². The molecule has 0 heterocycles. The van der Waals surface area contributed by atoms with E-state index in [1.165, 1.54) is 0 Å². The Hall–Kier alpha value is -4.78. The Morgan fingerprint density at radius 3 is 2.03 bits per heavy atom. The number of rotatable bonds is 12. The van der Waals surface area contributed by atoms with Crippen LogP contribution in [-0.2, 0) is 11.3 Å². The standard InChI is InChI=1S/C31H31N3O4/c1-34(23-24-9-4-2-5-10-24)31(36)25-11-8-12-27(21-25)32-22-30(35)33-26-15-17-29(18-16-26)38-20-19-37-28-13-6-3-7-14-28/h2-18,21,32H,19-20,22-23H2,1H3,(H,33,35). The third-order valence-corrected chi connectivity index (χ3v) is 5.67. The first-order valence-electron chi connectivity index (χ1n) is 12.4. The molecule has 7 nitrogen and oxygen atoms in total. The number of carbonyl (C=O) groups excluding carboxylic acids is 2. The van der Waals surface area contributed by atoms with Crippen molar-refractivity contribution in [2.75, 3.05) is 37.4 Å². The van der Waals surface area contributed by atoms with Crippen LogP contribution in [0.4, 0.5) is 11.4 Å². The quantitative estimate of drug-likeness (QED) is 0.248. The first kappa shape index (κ1) is 26.3. The van der Waals surface area contributed by atoms with Crippen LogP contribution < -0.4 is 20.1 Å². The van der Waals surface area contributed by atoms with Gasteiger partial charge in [-0.15, -0.1) is 0 Å². The Kier molecular flexibility index (Phi) is 9.34. The summed E-state index contributed by atoms with van der Waals surface area (Å²) in [7, 11) is 1.78. The van der Waals surface area contributed by atoms with Gasteiger partial charge in [-0.2, -0.15) is 0 Å². The van der Waals surface area contributed by atoms with Crippen molar-refractivity contribution in [3.05, 3.63) is 120 Å². The van der Waals surface area contributed by atoms with E-state index in [9.17, 15) is 9.59 Å². The highest BCUT2D eigenvalue weighted by Gasteiger charge is 2.13. The fourth-order valence-electron chi connectivity index (χ4n) is 3.77. The van der Waals surface area contributed by atoms with Crippen LogP contribution in [0.5, 0.6) is 11.5 Å². The minimum atomic E-state index is -0.201. The molecule has 0 atom stereocenters. The van der Waals surface area contributed by atoms with E-state index in [4.69, 9.17) is 9.47 Å². The summed E-state index contributed by atoms with van der Waals surface area (Å²) in [5, 5.41) is 5.94. The first-order valence-corrected chi connectivity index (χ1v) is 12.4. The van der Waals surface area contributed by atoms with Crippen LogP contribution in [0.25, 0.3) is 0 Å². The van der Waals surface area contributed by atoms with Crippen LogP contribution in [0, 0.1) is 0 Å². The predicted octanol–water partition coefficient (Wildman–Crippen LogP) is 5.47. The number of amides is 2. The van der Waals surface area contributed by atoms with Crippen molar-refractivity contribution in [2.24, 2.45) is 0 Å². The molecule has 194 valence electrons. The summed E-state index contributed by atoms with van der Waals surface area (Å²) >= 11 is 0. The highest BCUT2D eigenvalue weighted by atomic mass is 16.5. The number of benzene rings is 4. The van der Waals surface area contributed by atoms with Gasteiger partial charge in [0.05, 0.1) is 6.54 Å². The van der Waals surface area contributed by atoms with Gasteiger partial charge in [-0.25, -0.2) is 0 Å². The van der Waals surface area contributed by atoms with Crippen molar-refractivity contribution in [1.29, 1.82) is 0 Å². The van der Waals surface area contributed by atoms with Crippen LogP contribution in [-0.4, -0.2) is 43.5 Å². The Morgan fingerprint density at radius 2 is 1.34 bits per heavy atom. The summed E-state index contributed by atoms with van der Waals surface area (Å²) < 4.78 is 11.3. The normalized spacial score (nSPS) is 10.3. The monoisotopic (exact) mass is 509 g/mol. The molecule has 0 aliphatic rings. The van der Waals surface area contributed by atoms with Gasteiger partial charge in [0, 0.05) is 30.5 Å². The molecular formula is C31H31N3O4. The van der Waals surface area contributed by atoms with Crippen molar-refractivity contribution in [3.8, 4) is 11.5 Å². The highest BCUT2D eigenvalue weighted by molar-refractivity contribution is 5.96. The van der Waals surface area contributed by atoms with Gasteiger partial charge in [0.15, 0.2) is 0 Å². The van der Waals surface area contributed by atoms with E-state index in [1.54, 1.807) is 54.4 Å². The average Bonchev–Trinajstić information content (AvgIpc) is 2.96. The van der Waals surface area contributed by atoms with Gasteiger partial charge in [0.1, 0.15) is 24.7 Å². The zero-order valence-electron chi connectivity index (χ0n) is 21.3. The molecule has 2 N–H and O–H groups in total. The van der Waals surface area contributed by atoms with Crippen LogP contribution in [0.1, 0.15) is 15.9 Å². The second kappa shape index (κ2) is 13.5. The molecule has 4 aromatic rings. The van der Waals surface area contributed by atoms with Gasteiger partial charge in [-0.3, -0.25) is 9.59 Å². The van der Waals surface area contributed by atoms with Crippen LogP contribution in [0.15, 0.2) is 109 Å². The Labute approximate surface area is 223 Å². The minimum Gasteiger partial charge on any atom is -0.490 e. The summed E-state index contributed by atoms with van der Waals surface area (Å²) in [5.74, 6) is 1.21. The van der Waals surface area contributed by atoms with Crippen LogP contribution in [0.2, 0.25) is 0 Å². The van der Waals surface area contributed by atoms with E-state index in [2.05, 4.69) is 10.6 Å². The molecule has 4 aromatic carbocycles. The Bertz CT molecular complexity index is 1310. The van der Waals surface area contributed by atoms with Gasteiger partial charge in [0.2, 0.25) is 5.91 Å². The van der Waals surface area contributed by atoms with E-state index in [0.717, 1.165) is 11.3 Å². The van der Waals surface area contributed by atoms with Crippen molar-refractivity contribution in [1.82, 2.24) is 4.90 Å². The fourth-order valence-corrected chi connectivity index (χ4v) is 3.77. The molecule has 0 saturated carbocycles. The Morgan fingerprint density at radius 1 is 0.711 bits per heavy atom. The molecule has 0 aromatic heterocycles. The summed E-state index contributed by atoms with van der Waals surface area (Å²) in [6, 6.07) is 33.7. The molecule has 0 fully saturated rings. The van der Waals surface area contributed by atoms with Crippen molar-refractivity contribution in [2.45, 2.75) is 6.54 Å². The van der Waals surface area contributed by atoms with Gasteiger partial charge in [-0.1, -0.05) is 54.6 Å². The van der Waals surface area contributed by atoms with Gasteiger partial charge >= 0.3 is 0 Å². The molecule has 2 amide bonds. The molecule has 0 radical (unpaired) electrons. The summed E-state index contributed by atoms with van der Waals surface area (Å²) in [5.41, 5.74) is 2.97. The average molecular weight is 510 g/mol. The molecule has 0 saturated heterocycles. The van der Waals surface area contributed by atoms with E-state index in [0.29, 0.717) is 42.4 Å². The number of anilines is 2. The lowest BCUT2D eigenvalue weighted by molar-refractivity contribution is -0.114. The van der Waals surface area contributed by atoms with E-state index < -0.39 is 0 Å². The lowest BCUT2D eigenvalue weighted by Gasteiger charge is -2.18. The number of nitrogens with one attached hydrogen (secondary N) is 2. The van der Waals surface area contributed by atoms with Crippen LogP contribution in [0.3, 0.4) is 0 Å². The lowest BCUT2D eigenvalue weighted by atomic mass is 10.1. The maximum Gasteiger partial charge on any atom is 0.253 e. The predicted molar refractivity (Wildman–Crippen MR) is 150 cm³/mol. The zero-order valence-corrected chi connectivity index (χ0v) is 21.3. The third kappa shape index (κ3) is 8.13. The third-order valence-electron chi connectivity index (χ3n) is 5.67. The maximum atomic E-state index is 12.9. The minimum absolute atomic E-state index is 0.0621. The fraction of sp³-hybridized carbons (Fsp3) is 0.161. The first-order chi connectivity index (χ1) is 18.6. The molecule has 0 unspecified atom stereocenters. The molecular weight excluding hydrogens is 478 g/mol. The van der Waals surface area contributed by atoms with Crippen molar-refractivity contribution < 1.29 is 19.1 Å².